The van der Waals surface area contributed by atoms with E-state index in [4.69, 9.17) is 0 Å². The molecular weight excluding hydrogens is 274 g/mol. The minimum Gasteiger partial charge on any atom is -0.333 e. The van der Waals surface area contributed by atoms with Crippen LogP contribution < -0.4 is 5.32 Å². The van der Waals surface area contributed by atoms with Gasteiger partial charge in [-0.3, -0.25) is 0 Å². The van der Waals surface area contributed by atoms with Crippen LogP contribution in [0, 0.1) is 5.92 Å². The van der Waals surface area contributed by atoms with Crippen molar-refractivity contribution in [2.24, 2.45) is 5.92 Å². The number of hydrogen-bond donors (Lipinski definition) is 1. The number of nitrogens with zero attached hydrogens (tertiary/aromatic N) is 2. The highest BCUT2D eigenvalue weighted by molar-refractivity contribution is 7.91. The van der Waals surface area contributed by atoms with E-state index in [-0.39, 0.29) is 12.0 Å². The Balaban J connectivity index is 2.20. The molecule has 0 radical (unpaired) electrons. The van der Waals surface area contributed by atoms with Gasteiger partial charge in [-0.25, -0.2) is 13.4 Å². The normalized spacial score (nSPS) is 23.0. The fourth-order valence-electron chi connectivity index (χ4n) is 2.92. The molecule has 1 saturated heterocycles. The van der Waals surface area contributed by atoms with Crippen LogP contribution in [0.15, 0.2) is 12.5 Å². The van der Waals surface area contributed by atoms with E-state index in [1.807, 2.05) is 12.5 Å². The number of sulfone groups is 1. The third kappa shape index (κ3) is 3.61. The third-order valence-corrected chi connectivity index (χ3v) is 5.67. The molecule has 1 fully saturated rings. The van der Waals surface area contributed by atoms with Crippen LogP contribution in [0.1, 0.15) is 44.8 Å². The van der Waals surface area contributed by atoms with Crippen molar-refractivity contribution in [3.63, 3.8) is 0 Å². The quantitative estimate of drug-likeness (QED) is 0.833. The Bertz CT molecular complexity index is 524. The number of rotatable bonds is 7. The van der Waals surface area contributed by atoms with Gasteiger partial charge < -0.3 is 9.88 Å². The van der Waals surface area contributed by atoms with Crippen LogP contribution in [0.3, 0.4) is 0 Å². The fraction of sp³-hybridized carbons (Fsp3) is 0.786. The highest BCUT2D eigenvalue weighted by Gasteiger charge is 2.35. The van der Waals surface area contributed by atoms with E-state index in [0.29, 0.717) is 11.5 Å². The Morgan fingerprint density at radius 3 is 2.85 bits per heavy atom. The summed E-state index contributed by atoms with van der Waals surface area (Å²) in [6, 6.07) is 0.0984. The van der Waals surface area contributed by atoms with Crippen molar-refractivity contribution in [1.82, 2.24) is 14.9 Å². The summed E-state index contributed by atoms with van der Waals surface area (Å²) >= 11 is 0. The van der Waals surface area contributed by atoms with E-state index in [0.717, 1.165) is 38.0 Å². The monoisotopic (exact) mass is 299 g/mol. The van der Waals surface area contributed by atoms with Crippen LogP contribution in [-0.4, -0.2) is 36.0 Å². The summed E-state index contributed by atoms with van der Waals surface area (Å²) in [6.45, 7) is 6.09. The van der Waals surface area contributed by atoms with E-state index in [2.05, 4.69) is 28.7 Å². The summed E-state index contributed by atoms with van der Waals surface area (Å²) in [6.07, 6.45) is 6.57. The molecule has 0 aromatic carbocycles. The van der Waals surface area contributed by atoms with Crippen molar-refractivity contribution in [2.75, 3.05) is 18.1 Å². The zero-order chi connectivity index (χ0) is 14.6. The standard InChI is InChI=1S/C14H25N3O2S/c1-3-6-16-14(12-5-8-20(18,19)10-12)13-9-15-11-17(13)7-4-2/h9,11-12,14,16H,3-8,10H2,1-2H3. The molecule has 1 N–H and O–H groups in total. The average Bonchev–Trinajstić information content (AvgIpc) is 2.98. The molecule has 2 unspecified atom stereocenters. The Labute approximate surface area is 121 Å². The van der Waals surface area contributed by atoms with Gasteiger partial charge in [0.1, 0.15) is 0 Å². The SMILES string of the molecule is CCCNC(c1cncn1CCC)C1CCS(=O)(=O)C1. The molecule has 1 aliphatic rings. The summed E-state index contributed by atoms with van der Waals surface area (Å²) in [5.41, 5.74) is 1.13. The van der Waals surface area contributed by atoms with Crippen LogP contribution in [0.25, 0.3) is 0 Å². The maximum absolute atomic E-state index is 11.7. The van der Waals surface area contributed by atoms with E-state index in [1.165, 1.54) is 0 Å². The molecule has 20 heavy (non-hydrogen) atoms. The van der Waals surface area contributed by atoms with Gasteiger partial charge in [0.25, 0.3) is 0 Å². The zero-order valence-electron chi connectivity index (χ0n) is 12.4. The predicted octanol–water partition coefficient (Wildman–Crippen LogP) is 1.77. The van der Waals surface area contributed by atoms with Crippen LogP contribution >= 0.6 is 0 Å². The number of hydrogen-bond acceptors (Lipinski definition) is 4. The van der Waals surface area contributed by atoms with E-state index >= 15 is 0 Å². The second kappa shape index (κ2) is 6.72. The largest absolute Gasteiger partial charge is 0.333 e. The topological polar surface area (TPSA) is 64.0 Å². The van der Waals surface area contributed by atoms with E-state index in [1.54, 1.807) is 0 Å². The second-order valence-electron chi connectivity index (χ2n) is 5.61. The first-order chi connectivity index (χ1) is 9.57. The molecule has 2 heterocycles. The Morgan fingerprint density at radius 2 is 2.25 bits per heavy atom. The summed E-state index contributed by atoms with van der Waals surface area (Å²) in [5.74, 6) is 0.786. The molecule has 0 bridgehead atoms. The molecule has 114 valence electrons. The number of nitrogens with one attached hydrogen (secondary N) is 1. The summed E-state index contributed by atoms with van der Waals surface area (Å²) in [5, 5.41) is 3.53. The molecule has 6 heteroatoms. The number of imidazole rings is 1. The fourth-order valence-corrected chi connectivity index (χ4v) is 4.76. The van der Waals surface area contributed by atoms with Gasteiger partial charge >= 0.3 is 0 Å². The molecule has 2 rings (SSSR count). The van der Waals surface area contributed by atoms with Crippen molar-refractivity contribution in [2.45, 2.75) is 45.7 Å². The van der Waals surface area contributed by atoms with Gasteiger partial charge in [-0.2, -0.15) is 0 Å². The van der Waals surface area contributed by atoms with Gasteiger partial charge in [0, 0.05) is 12.7 Å². The van der Waals surface area contributed by atoms with Crippen molar-refractivity contribution in [3.05, 3.63) is 18.2 Å². The van der Waals surface area contributed by atoms with Crippen molar-refractivity contribution >= 4 is 9.84 Å². The van der Waals surface area contributed by atoms with Crippen molar-refractivity contribution in [3.8, 4) is 0 Å². The molecular formula is C14H25N3O2S. The van der Waals surface area contributed by atoms with Gasteiger partial charge in [-0.1, -0.05) is 13.8 Å². The van der Waals surface area contributed by atoms with Crippen LogP contribution in [-0.2, 0) is 16.4 Å². The molecule has 1 aromatic rings. The number of aromatic nitrogens is 2. The lowest BCUT2D eigenvalue weighted by molar-refractivity contribution is 0.372. The third-order valence-electron chi connectivity index (χ3n) is 3.88. The molecule has 0 saturated carbocycles. The molecule has 2 atom stereocenters. The van der Waals surface area contributed by atoms with Gasteiger partial charge in [0.05, 0.1) is 29.6 Å². The van der Waals surface area contributed by atoms with Gasteiger partial charge in [0.15, 0.2) is 9.84 Å². The lowest BCUT2D eigenvalue weighted by atomic mass is 9.96. The molecule has 5 nitrogen and oxygen atoms in total. The molecule has 0 aliphatic carbocycles. The molecule has 0 amide bonds. The van der Waals surface area contributed by atoms with Crippen LogP contribution in [0.5, 0.6) is 0 Å². The van der Waals surface area contributed by atoms with Crippen LogP contribution in [0.4, 0.5) is 0 Å². The summed E-state index contributed by atoms with van der Waals surface area (Å²) in [7, 11) is -2.85. The first-order valence-corrected chi connectivity index (χ1v) is 9.33. The van der Waals surface area contributed by atoms with E-state index in [9.17, 15) is 8.42 Å². The summed E-state index contributed by atoms with van der Waals surface area (Å²) < 4.78 is 25.6. The minimum atomic E-state index is -2.85. The molecule has 1 aliphatic heterocycles. The second-order valence-corrected chi connectivity index (χ2v) is 7.84. The van der Waals surface area contributed by atoms with E-state index < -0.39 is 9.84 Å². The van der Waals surface area contributed by atoms with Crippen LogP contribution in [0.2, 0.25) is 0 Å². The first kappa shape index (κ1) is 15.5. The van der Waals surface area contributed by atoms with Gasteiger partial charge in [-0.05, 0) is 31.7 Å². The Morgan fingerprint density at radius 1 is 1.45 bits per heavy atom. The average molecular weight is 299 g/mol. The Hall–Kier alpha value is -0.880. The maximum Gasteiger partial charge on any atom is 0.150 e. The number of aryl methyl sites for hydroxylation is 1. The lowest BCUT2D eigenvalue weighted by Crippen LogP contribution is -2.31. The molecule has 1 aromatic heterocycles. The smallest absolute Gasteiger partial charge is 0.150 e. The van der Waals surface area contributed by atoms with Gasteiger partial charge in [0.2, 0.25) is 0 Å². The highest BCUT2D eigenvalue weighted by atomic mass is 32.2. The van der Waals surface area contributed by atoms with Gasteiger partial charge in [-0.15, -0.1) is 0 Å². The Kier molecular flexibility index (Phi) is 5.21. The first-order valence-electron chi connectivity index (χ1n) is 7.51. The van der Waals surface area contributed by atoms with Crippen molar-refractivity contribution in [1.29, 1.82) is 0 Å². The highest BCUT2D eigenvalue weighted by Crippen LogP contribution is 2.31. The minimum absolute atomic E-state index is 0.0984. The zero-order valence-corrected chi connectivity index (χ0v) is 13.2. The lowest BCUT2D eigenvalue weighted by Gasteiger charge is -2.25. The molecule has 0 spiro atoms. The predicted molar refractivity (Wildman–Crippen MR) is 80.3 cm³/mol. The maximum atomic E-state index is 11.7. The van der Waals surface area contributed by atoms with Crippen molar-refractivity contribution < 1.29 is 8.42 Å². The summed E-state index contributed by atoms with van der Waals surface area (Å²) in [4.78, 5) is 4.25.